The van der Waals surface area contributed by atoms with Gasteiger partial charge >= 0.3 is 6.18 Å². The number of ether oxygens (including phenoxy) is 2. The predicted octanol–water partition coefficient (Wildman–Crippen LogP) is 4.08. The van der Waals surface area contributed by atoms with Crippen molar-refractivity contribution in [3.63, 3.8) is 0 Å². The maximum absolute atomic E-state index is 12.1. The van der Waals surface area contributed by atoms with E-state index in [-0.39, 0.29) is 17.9 Å². The second kappa shape index (κ2) is 6.85. The second-order valence-electron chi connectivity index (χ2n) is 4.45. The van der Waals surface area contributed by atoms with Gasteiger partial charge in [-0.15, -0.1) is 0 Å². The molecule has 0 aliphatic heterocycles. The van der Waals surface area contributed by atoms with Crippen molar-refractivity contribution in [2.45, 2.75) is 12.8 Å². The summed E-state index contributed by atoms with van der Waals surface area (Å²) in [6.07, 6.45) is -4.42. The summed E-state index contributed by atoms with van der Waals surface area (Å²) in [5.74, 6) is 0.270. The van der Waals surface area contributed by atoms with E-state index < -0.39 is 12.8 Å². The van der Waals surface area contributed by atoms with Gasteiger partial charge in [-0.1, -0.05) is 30.3 Å². The molecule has 2 aromatic carbocycles. The van der Waals surface area contributed by atoms with E-state index in [1.807, 2.05) is 36.4 Å². The Bertz CT molecular complexity index is 663. The number of hydrogen-bond acceptors (Lipinski definition) is 3. The summed E-state index contributed by atoms with van der Waals surface area (Å²) < 4.78 is 46.4. The zero-order valence-electron chi connectivity index (χ0n) is 11.4. The molecule has 22 heavy (non-hydrogen) atoms. The molecule has 0 saturated carbocycles. The molecular formula is C16H12F3NO2. The van der Waals surface area contributed by atoms with E-state index in [1.54, 1.807) is 0 Å². The average Bonchev–Trinajstić information content (AvgIpc) is 2.51. The zero-order valence-corrected chi connectivity index (χ0v) is 11.4. The van der Waals surface area contributed by atoms with Crippen LogP contribution in [0.1, 0.15) is 11.1 Å². The third-order valence-electron chi connectivity index (χ3n) is 2.71. The van der Waals surface area contributed by atoms with Gasteiger partial charge in [0.05, 0.1) is 5.56 Å². The molecule has 6 heteroatoms. The molecule has 0 spiro atoms. The van der Waals surface area contributed by atoms with Gasteiger partial charge in [-0.05, 0) is 17.7 Å². The normalized spacial score (nSPS) is 10.8. The monoisotopic (exact) mass is 307 g/mol. The molecule has 0 aromatic heterocycles. The minimum absolute atomic E-state index is 0.0269. The van der Waals surface area contributed by atoms with Crippen molar-refractivity contribution < 1.29 is 22.6 Å². The van der Waals surface area contributed by atoms with Gasteiger partial charge in [-0.3, -0.25) is 0 Å². The molecule has 0 amide bonds. The standard InChI is InChI=1S/C16H12F3NO2/c17-16(18,19)11-22-14-6-7-15(13(8-14)9-20)21-10-12-4-2-1-3-5-12/h1-8H,10-11H2. The van der Waals surface area contributed by atoms with Crippen molar-refractivity contribution in [2.24, 2.45) is 0 Å². The van der Waals surface area contributed by atoms with Gasteiger partial charge in [0.15, 0.2) is 6.61 Å². The lowest BCUT2D eigenvalue weighted by Crippen LogP contribution is -2.19. The summed E-state index contributed by atoms with van der Waals surface area (Å²) in [5.41, 5.74) is 1.04. The van der Waals surface area contributed by atoms with Crippen molar-refractivity contribution in [1.29, 1.82) is 5.26 Å². The molecule has 0 saturated heterocycles. The molecule has 0 aliphatic rings. The van der Waals surface area contributed by atoms with Crippen LogP contribution in [-0.2, 0) is 6.61 Å². The fourth-order valence-corrected chi connectivity index (χ4v) is 1.71. The molecular weight excluding hydrogens is 295 g/mol. The van der Waals surface area contributed by atoms with Crippen LogP contribution in [0.2, 0.25) is 0 Å². The number of nitriles is 1. The summed E-state index contributed by atoms with van der Waals surface area (Å²) in [4.78, 5) is 0. The van der Waals surface area contributed by atoms with Crippen LogP contribution < -0.4 is 9.47 Å². The van der Waals surface area contributed by atoms with Crippen molar-refractivity contribution in [2.75, 3.05) is 6.61 Å². The molecule has 114 valence electrons. The van der Waals surface area contributed by atoms with Crippen molar-refractivity contribution >= 4 is 0 Å². The van der Waals surface area contributed by atoms with E-state index in [0.717, 1.165) is 5.56 Å². The number of nitrogens with zero attached hydrogens (tertiary/aromatic N) is 1. The topological polar surface area (TPSA) is 42.2 Å². The van der Waals surface area contributed by atoms with Crippen LogP contribution in [0, 0.1) is 11.3 Å². The quantitative estimate of drug-likeness (QED) is 0.836. The van der Waals surface area contributed by atoms with Gasteiger partial charge in [-0.25, -0.2) is 0 Å². The number of alkyl halides is 3. The lowest BCUT2D eigenvalue weighted by atomic mass is 10.2. The van der Waals surface area contributed by atoms with Crippen molar-refractivity contribution in [1.82, 2.24) is 0 Å². The Morgan fingerprint density at radius 3 is 2.36 bits per heavy atom. The van der Waals surface area contributed by atoms with Gasteiger partial charge in [0.1, 0.15) is 24.2 Å². The summed E-state index contributed by atoms with van der Waals surface area (Å²) in [5, 5.41) is 9.06. The van der Waals surface area contributed by atoms with Gasteiger partial charge in [0.2, 0.25) is 0 Å². The molecule has 0 atom stereocenters. The minimum atomic E-state index is -4.42. The largest absolute Gasteiger partial charge is 0.488 e. The van der Waals surface area contributed by atoms with E-state index in [1.165, 1.54) is 18.2 Å². The number of halogens is 3. The van der Waals surface area contributed by atoms with Gasteiger partial charge < -0.3 is 9.47 Å². The van der Waals surface area contributed by atoms with Crippen LogP contribution in [0.5, 0.6) is 11.5 Å². The average molecular weight is 307 g/mol. The first-order chi connectivity index (χ1) is 10.5. The van der Waals surface area contributed by atoms with E-state index in [9.17, 15) is 13.2 Å². The van der Waals surface area contributed by atoms with E-state index in [0.29, 0.717) is 5.75 Å². The van der Waals surface area contributed by atoms with Gasteiger partial charge in [-0.2, -0.15) is 18.4 Å². The maximum Gasteiger partial charge on any atom is 0.422 e. The van der Waals surface area contributed by atoms with Crippen LogP contribution in [0.3, 0.4) is 0 Å². The molecule has 0 unspecified atom stereocenters. The highest BCUT2D eigenvalue weighted by atomic mass is 19.4. The predicted molar refractivity (Wildman–Crippen MR) is 73.5 cm³/mol. The number of hydrogen-bond donors (Lipinski definition) is 0. The molecule has 2 aromatic rings. The Morgan fingerprint density at radius 1 is 1.00 bits per heavy atom. The highest BCUT2D eigenvalue weighted by Gasteiger charge is 2.28. The fourth-order valence-electron chi connectivity index (χ4n) is 1.71. The van der Waals surface area contributed by atoms with Crippen molar-refractivity contribution in [3.8, 4) is 17.6 Å². The van der Waals surface area contributed by atoms with Crippen LogP contribution >= 0.6 is 0 Å². The second-order valence-corrected chi connectivity index (χ2v) is 4.45. The summed E-state index contributed by atoms with van der Waals surface area (Å²) in [6.45, 7) is -1.14. The minimum Gasteiger partial charge on any atom is -0.488 e. The lowest BCUT2D eigenvalue weighted by molar-refractivity contribution is -0.153. The van der Waals surface area contributed by atoms with Crippen LogP contribution in [0.4, 0.5) is 13.2 Å². The fraction of sp³-hybridized carbons (Fsp3) is 0.188. The molecule has 0 heterocycles. The van der Waals surface area contributed by atoms with E-state index in [4.69, 9.17) is 10.00 Å². The molecule has 3 nitrogen and oxygen atoms in total. The molecule has 0 bridgehead atoms. The van der Waals surface area contributed by atoms with Gasteiger partial charge in [0, 0.05) is 6.07 Å². The first-order valence-corrected chi connectivity index (χ1v) is 6.38. The summed E-state index contributed by atoms with van der Waals surface area (Å²) in [6, 6.07) is 15.2. The SMILES string of the molecule is N#Cc1cc(OCC(F)(F)F)ccc1OCc1ccccc1. The Balaban J connectivity index is 2.05. The molecule has 0 aliphatic carbocycles. The molecule has 2 rings (SSSR count). The van der Waals surface area contributed by atoms with Crippen LogP contribution in [-0.4, -0.2) is 12.8 Å². The summed E-state index contributed by atoms with van der Waals surface area (Å²) >= 11 is 0. The molecule has 0 fully saturated rings. The van der Waals surface area contributed by atoms with Gasteiger partial charge in [0.25, 0.3) is 0 Å². The van der Waals surface area contributed by atoms with Crippen molar-refractivity contribution in [3.05, 3.63) is 59.7 Å². The Morgan fingerprint density at radius 2 is 1.73 bits per heavy atom. The zero-order chi connectivity index (χ0) is 16.0. The van der Waals surface area contributed by atoms with E-state index >= 15 is 0 Å². The molecule has 0 N–H and O–H groups in total. The van der Waals surface area contributed by atoms with E-state index in [2.05, 4.69) is 4.74 Å². The lowest BCUT2D eigenvalue weighted by Gasteiger charge is -2.12. The first-order valence-electron chi connectivity index (χ1n) is 6.38. The Hall–Kier alpha value is -2.68. The Labute approximate surface area is 125 Å². The van der Waals surface area contributed by atoms with Crippen LogP contribution in [0.15, 0.2) is 48.5 Å². The summed E-state index contributed by atoms with van der Waals surface area (Å²) in [7, 11) is 0. The third-order valence-corrected chi connectivity index (χ3v) is 2.71. The first kappa shape index (κ1) is 15.7. The smallest absolute Gasteiger partial charge is 0.422 e. The maximum atomic E-state index is 12.1. The third kappa shape index (κ3) is 4.70. The van der Waals surface area contributed by atoms with Crippen LogP contribution in [0.25, 0.3) is 0 Å². The molecule has 0 radical (unpaired) electrons. The number of benzene rings is 2. The Kier molecular flexibility index (Phi) is 4.89. The number of rotatable bonds is 5. The highest BCUT2D eigenvalue weighted by Crippen LogP contribution is 2.26. The highest BCUT2D eigenvalue weighted by molar-refractivity contribution is 5.47.